The van der Waals surface area contributed by atoms with E-state index in [1.165, 1.54) is 6.92 Å². The van der Waals surface area contributed by atoms with Crippen LogP contribution in [-0.4, -0.2) is 53.9 Å². The van der Waals surface area contributed by atoms with E-state index in [2.05, 4.69) is 15.1 Å². The molecular weight excluding hydrogens is 342 g/mol. The molecule has 3 rings (SSSR count). The fourth-order valence-electron chi connectivity index (χ4n) is 3.41. The van der Waals surface area contributed by atoms with Crippen molar-refractivity contribution in [3.63, 3.8) is 0 Å². The third-order valence-electron chi connectivity index (χ3n) is 4.95. The number of piperazine rings is 1. The number of anilines is 2. The number of phenolic OH excluding ortho intramolecular Hbond substituents is 1. The molecule has 0 aromatic heterocycles. The van der Waals surface area contributed by atoms with Crippen LogP contribution in [0.25, 0.3) is 0 Å². The molecule has 142 valence electrons. The summed E-state index contributed by atoms with van der Waals surface area (Å²) in [6.07, 6.45) is 0. The lowest BCUT2D eigenvalue weighted by Gasteiger charge is -2.38. The highest BCUT2D eigenvalue weighted by atomic mass is 16.3. The van der Waals surface area contributed by atoms with Crippen molar-refractivity contribution in [2.75, 3.05) is 36.4 Å². The maximum absolute atomic E-state index is 12.8. The van der Waals surface area contributed by atoms with E-state index in [-0.39, 0.29) is 23.5 Å². The zero-order valence-corrected chi connectivity index (χ0v) is 15.7. The number of amides is 1. The maximum atomic E-state index is 12.8. The van der Waals surface area contributed by atoms with Gasteiger partial charge in [-0.1, -0.05) is 12.1 Å². The van der Waals surface area contributed by atoms with Gasteiger partial charge in [-0.25, -0.2) is 0 Å². The molecule has 0 spiro atoms. The average molecular weight is 367 g/mol. The standard InChI is InChI=1S/C21H25N3O3/c1-15(21(27)17-7-9-18(10-8-17)22-16(2)25)23-11-13-24(14-12-23)19-5-3-4-6-20(19)26/h3-10,15,26H,11-14H2,1-2H3,(H,22,25)/t15-/m0/s1. The van der Waals surface area contributed by atoms with Gasteiger partial charge in [0.25, 0.3) is 0 Å². The number of para-hydroxylation sites is 2. The van der Waals surface area contributed by atoms with E-state index in [1.807, 2.05) is 25.1 Å². The second-order valence-corrected chi connectivity index (χ2v) is 6.81. The van der Waals surface area contributed by atoms with E-state index in [4.69, 9.17) is 0 Å². The number of hydrogen-bond acceptors (Lipinski definition) is 5. The van der Waals surface area contributed by atoms with Gasteiger partial charge in [0, 0.05) is 44.4 Å². The second kappa shape index (κ2) is 8.22. The molecule has 2 aromatic carbocycles. The van der Waals surface area contributed by atoms with Gasteiger partial charge in [0.15, 0.2) is 5.78 Å². The molecule has 0 saturated carbocycles. The summed E-state index contributed by atoms with van der Waals surface area (Å²) in [5.74, 6) is 0.222. The molecule has 0 unspecified atom stereocenters. The number of hydrogen-bond donors (Lipinski definition) is 2. The minimum Gasteiger partial charge on any atom is -0.506 e. The van der Waals surface area contributed by atoms with E-state index in [1.54, 1.807) is 30.3 Å². The molecule has 2 aromatic rings. The van der Waals surface area contributed by atoms with Gasteiger partial charge in [0.1, 0.15) is 5.75 Å². The summed E-state index contributed by atoms with van der Waals surface area (Å²) in [4.78, 5) is 28.2. The number of nitrogens with one attached hydrogen (secondary N) is 1. The molecule has 6 nitrogen and oxygen atoms in total. The van der Waals surface area contributed by atoms with Crippen LogP contribution in [0.1, 0.15) is 24.2 Å². The molecule has 1 aliphatic heterocycles. The minimum absolute atomic E-state index is 0.0698. The molecule has 1 atom stereocenters. The van der Waals surface area contributed by atoms with Crippen molar-refractivity contribution in [2.24, 2.45) is 0 Å². The first-order chi connectivity index (χ1) is 13.0. The zero-order valence-electron chi connectivity index (χ0n) is 15.7. The van der Waals surface area contributed by atoms with Gasteiger partial charge in [-0.2, -0.15) is 0 Å². The van der Waals surface area contributed by atoms with E-state index in [0.717, 1.165) is 31.9 Å². The summed E-state index contributed by atoms with van der Waals surface area (Å²) in [5.41, 5.74) is 2.16. The Morgan fingerprint density at radius 2 is 1.63 bits per heavy atom. The molecule has 1 amide bonds. The molecule has 1 fully saturated rings. The number of rotatable bonds is 5. The topological polar surface area (TPSA) is 72.9 Å². The van der Waals surface area contributed by atoms with Crippen molar-refractivity contribution < 1.29 is 14.7 Å². The quantitative estimate of drug-likeness (QED) is 0.795. The molecule has 0 aliphatic carbocycles. The minimum atomic E-state index is -0.219. The lowest BCUT2D eigenvalue weighted by atomic mass is 10.0. The monoisotopic (exact) mass is 367 g/mol. The van der Waals surface area contributed by atoms with Crippen molar-refractivity contribution >= 4 is 23.1 Å². The Bertz CT molecular complexity index is 812. The molecule has 1 aliphatic rings. The normalized spacial score (nSPS) is 16.0. The van der Waals surface area contributed by atoms with Gasteiger partial charge in [-0.15, -0.1) is 0 Å². The van der Waals surface area contributed by atoms with Gasteiger partial charge < -0.3 is 15.3 Å². The van der Waals surface area contributed by atoms with Crippen LogP contribution in [0.15, 0.2) is 48.5 Å². The number of ketones is 1. The van der Waals surface area contributed by atoms with Crippen LogP contribution in [-0.2, 0) is 4.79 Å². The van der Waals surface area contributed by atoms with Crippen molar-refractivity contribution in [3.8, 4) is 5.75 Å². The average Bonchev–Trinajstić information content (AvgIpc) is 2.67. The number of nitrogens with zero attached hydrogens (tertiary/aromatic N) is 2. The summed E-state index contributed by atoms with van der Waals surface area (Å²) < 4.78 is 0. The first kappa shape index (κ1) is 18.9. The van der Waals surface area contributed by atoms with Crippen LogP contribution >= 0.6 is 0 Å². The van der Waals surface area contributed by atoms with Crippen LogP contribution in [0.4, 0.5) is 11.4 Å². The third kappa shape index (κ3) is 4.46. The highest BCUT2D eigenvalue weighted by molar-refractivity contribution is 6.00. The third-order valence-corrected chi connectivity index (χ3v) is 4.95. The van der Waals surface area contributed by atoms with Crippen molar-refractivity contribution in [2.45, 2.75) is 19.9 Å². The second-order valence-electron chi connectivity index (χ2n) is 6.81. The first-order valence-corrected chi connectivity index (χ1v) is 9.14. The first-order valence-electron chi connectivity index (χ1n) is 9.14. The van der Waals surface area contributed by atoms with Crippen LogP contribution in [0.2, 0.25) is 0 Å². The number of benzene rings is 2. The van der Waals surface area contributed by atoms with Crippen molar-refractivity contribution in [1.29, 1.82) is 0 Å². The molecule has 1 heterocycles. The van der Waals surface area contributed by atoms with Crippen molar-refractivity contribution in [1.82, 2.24) is 4.90 Å². The Hall–Kier alpha value is -2.86. The van der Waals surface area contributed by atoms with Gasteiger partial charge in [0.05, 0.1) is 11.7 Å². The van der Waals surface area contributed by atoms with Crippen LogP contribution < -0.4 is 10.2 Å². The van der Waals surface area contributed by atoms with Crippen LogP contribution in [0, 0.1) is 0 Å². The number of phenols is 1. The predicted molar refractivity (Wildman–Crippen MR) is 106 cm³/mol. The lowest BCUT2D eigenvalue weighted by Crippen LogP contribution is -2.51. The molecule has 2 N–H and O–H groups in total. The Morgan fingerprint density at radius 1 is 1.00 bits per heavy atom. The summed E-state index contributed by atoms with van der Waals surface area (Å²) in [7, 11) is 0. The largest absolute Gasteiger partial charge is 0.506 e. The fraction of sp³-hybridized carbons (Fsp3) is 0.333. The molecular formula is C21H25N3O3. The number of carbonyl (C=O) groups is 2. The van der Waals surface area contributed by atoms with Crippen LogP contribution in [0.3, 0.4) is 0 Å². The Kier molecular flexibility index (Phi) is 5.76. The molecule has 0 bridgehead atoms. The van der Waals surface area contributed by atoms with E-state index < -0.39 is 0 Å². The summed E-state index contributed by atoms with van der Waals surface area (Å²) in [6.45, 7) is 6.42. The van der Waals surface area contributed by atoms with E-state index in [9.17, 15) is 14.7 Å². The summed E-state index contributed by atoms with van der Waals surface area (Å²) in [6, 6.07) is 14.1. The van der Waals surface area contributed by atoms with Gasteiger partial charge >= 0.3 is 0 Å². The summed E-state index contributed by atoms with van der Waals surface area (Å²) >= 11 is 0. The Morgan fingerprint density at radius 3 is 2.22 bits per heavy atom. The smallest absolute Gasteiger partial charge is 0.221 e. The number of Topliss-reactive ketones (excluding diaryl/α,β-unsaturated/α-hetero) is 1. The molecule has 0 radical (unpaired) electrons. The van der Waals surface area contributed by atoms with Crippen molar-refractivity contribution in [3.05, 3.63) is 54.1 Å². The van der Waals surface area contributed by atoms with Gasteiger partial charge in [-0.05, 0) is 43.3 Å². The summed E-state index contributed by atoms with van der Waals surface area (Å²) in [5, 5.41) is 12.7. The van der Waals surface area contributed by atoms with Crippen LogP contribution in [0.5, 0.6) is 5.75 Å². The molecule has 27 heavy (non-hydrogen) atoms. The Balaban J connectivity index is 1.60. The fourth-order valence-corrected chi connectivity index (χ4v) is 3.41. The van der Waals surface area contributed by atoms with E-state index >= 15 is 0 Å². The predicted octanol–water partition coefficient (Wildman–Crippen LogP) is 2.74. The number of carbonyl (C=O) groups excluding carboxylic acids is 2. The lowest BCUT2D eigenvalue weighted by molar-refractivity contribution is -0.114. The SMILES string of the molecule is CC(=O)Nc1ccc(C(=O)[C@H](C)N2CCN(c3ccccc3O)CC2)cc1. The van der Waals surface area contributed by atoms with E-state index in [0.29, 0.717) is 11.3 Å². The zero-order chi connectivity index (χ0) is 19.4. The molecule has 1 saturated heterocycles. The van der Waals surface area contributed by atoms with Gasteiger partial charge in [-0.3, -0.25) is 14.5 Å². The highest BCUT2D eigenvalue weighted by Crippen LogP contribution is 2.27. The molecule has 6 heteroatoms. The number of aromatic hydroxyl groups is 1. The highest BCUT2D eigenvalue weighted by Gasteiger charge is 2.27. The Labute approximate surface area is 159 Å². The van der Waals surface area contributed by atoms with Gasteiger partial charge in [0.2, 0.25) is 5.91 Å². The maximum Gasteiger partial charge on any atom is 0.221 e.